The summed E-state index contributed by atoms with van der Waals surface area (Å²) in [7, 11) is -3.62. The Kier molecular flexibility index (Phi) is 2.64. The fraction of sp³-hybridized carbons (Fsp3) is 0.286. The molecule has 9 heteroatoms. The summed E-state index contributed by atoms with van der Waals surface area (Å²) in [6, 6.07) is 0. The van der Waals surface area contributed by atoms with Crippen LogP contribution in [0.3, 0.4) is 0 Å². The number of hydrogen-bond acceptors (Lipinski definition) is 6. The van der Waals surface area contributed by atoms with Gasteiger partial charge < -0.3 is 0 Å². The number of hydrogen-bond donors (Lipinski definition) is 2. The van der Waals surface area contributed by atoms with Gasteiger partial charge >= 0.3 is 0 Å². The lowest BCUT2D eigenvalue weighted by atomic mass is 10.8. The van der Waals surface area contributed by atoms with E-state index in [0.717, 1.165) is 11.3 Å². The van der Waals surface area contributed by atoms with Gasteiger partial charge in [0.05, 0.1) is 11.2 Å². The first-order valence-corrected chi connectivity index (χ1v) is 6.61. The Labute approximate surface area is 96.0 Å². The van der Waals surface area contributed by atoms with Crippen molar-refractivity contribution in [3.63, 3.8) is 0 Å². The van der Waals surface area contributed by atoms with E-state index in [2.05, 4.69) is 24.9 Å². The Morgan fingerprint density at radius 2 is 2.19 bits per heavy atom. The SMILES string of the molecule is Cc1nc(NS(=O)(=O)c2cnc(C)s2)n[nH]1. The predicted octanol–water partition coefficient (Wildman–Crippen LogP) is 0.679. The first-order chi connectivity index (χ1) is 7.47. The van der Waals surface area contributed by atoms with Gasteiger partial charge in [0, 0.05) is 0 Å². The lowest BCUT2D eigenvalue weighted by Crippen LogP contribution is -2.12. The van der Waals surface area contributed by atoms with Gasteiger partial charge in [-0.15, -0.1) is 16.4 Å². The third kappa shape index (κ3) is 2.19. The van der Waals surface area contributed by atoms with E-state index in [0.29, 0.717) is 10.8 Å². The van der Waals surface area contributed by atoms with Crippen molar-refractivity contribution in [2.75, 3.05) is 4.72 Å². The maximum absolute atomic E-state index is 11.8. The Hall–Kier alpha value is -1.48. The van der Waals surface area contributed by atoms with E-state index in [1.165, 1.54) is 6.20 Å². The Morgan fingerprint density at radius 3 is 2.69 bits per heavy atom. The Balaban J connectivity index is 2.27. The lowest BCUT2D eigenvalue weighted by Gasteiger charge is -1.99. The third-order valence-corrected chi connectivity index (χ3v) is 4.39. The number of sulfonamides is 1. The van der Waals surface area contributed by atoms with Crippen molar-refractivity contribution in [2.45, 2.75) is 18.1 Å². The number of nitrogens with zero attached hydrogens (tertiary/aromatic N) is 3. The molecule has 0 atom stereocenters. The number of aryl methyl sites for hydroxylation is 2. The van der Waals surface area contributed by atoms with Crippen molar-refractivity contribution in [3.05, 3.63) is 17.0 Å². The zero-order valence-corrected chi connectivity index (χ0v) is 10.2. The average Bonchev–Trinajstić information content (AvgIpc) is 2.75. The van der Waals surface area contributed by atoms with Gasteiger partial charge in [-0.2, -0.15) is 4.98 Å². The van der Waals surface area contributed by atoms with Crippen LogP contribution in [0.4, 0.5) is 5.95 Å². The second-order valence-electron chi connectivity index (χ2n) is 3.05. The highest BCUT2D eigenvalue weighted by molar-refractivity contribution is 7.94. The molecule has 0 aliphatic rings. The van der Waals surface area contributed by atoms with Crippen LogP contribution >= 0.6 is 11.3 Å². The van der Waals surface area contributed by atoms with Crippen LogP contribution in [0.2, 0.25) is 0 Å². The molecule has 16 heavy (non-hydrogen) atoms. The Morgan fingerprint density at radius 1 is 1.44 bits per heavy atom. The number of rotatable bonds is 3. The van der Waals surface area contributed by atoms with Crippen LogP contribution in [0, 0.1) is 13.8 Å². The molecule has 0 radical (unpaired) electrons. The van der Waals surface area contributed by atoms with Crippen LogP contribution in [0.25, 0.3) is 0 Å². The van der Waals surface area contributed by atoms with Gasteiger partial charge in [0.25, 0.3) is 16.0 Å². The molecule has 0 unspecified atom stereocenters. The number of thiazole rings is 1. The van der Waals surface area contributed by atoms with Crippen molar-refractivity contribution in [1.82, 2.24) is 20.2 Å². The second-order valence-corrected chi connectivity index (χ2v) is 6.19. The molecule has 7 nitrogen and oxygen atoms in total. The lowest BCUT2D eigenvalue weighted by molar-refractivity contribution is 0.602. The first kappa shape index (κ1) is 11.0. The molecule has 0 bridgehead atoms. The highest BCUT2D eigenvalue weighted by atomic mass is 32.2. The van der Waals surface area contributed by atoms with Gasteiger partial charge in [-0.3, -0.25) is 5.10 Å². The van der Waals surface area contributed by atoms with Gasteiger partial charge in [-0.05, 0) is 13.8 Å². The monoisotopic (exact) mass is 259 g/mol. The van der Waals surface area contributed by atoms with Crippen molar-refractivity contribution in [1.29, 1.82) is 0 Å². The normalized spacial score (nSPS) is 11.6. The van der Waals surface area contributed by atoms with Crippen LogP contribution < -0.4 is 4.72 Å². The second kappa shape index (κ2) is 3.83. The zero-order valence-electron chi connectivity index (χ0n) is 8.55. The largest absolute Gasteiger partial charge is 0.275 e. The van der Waals surface area contributed by atoms with Gasteiger partial charge in [0.1, 0.15) is 5.82 Å². The molecule has 2 heterocycles. The summed E-state index contributed by atoms with van der Waals surface area (Å²) < 4.78 is 26.0. The van der Waals surface area contributed by atoms with Gasteiger partial charge in [0.15, 0.2) is 4.21 Å². The molecule has 0 aliphatic carbocycles. The summed E-state index contributed by atoms with van der Waals surface area (Å²) in [6.45, 7) is 3.42. The molecule has 0 spiro atoms. The average molecular weight is 259 g/mol. The molecule has 2 aromatic heterocycles. The molecular formula is C7H9N5O2S2. The first-order valence-electron chi connectivity index (χ1n) is 4.31. The van der Waals surface area contributed by atoms with Crippen LogP contribution in [0.5, 0.6) is 0 Å². The number of H-pyrrole nitrogens is 1. The van der Waals surface area contributed by atoms with E-state index >= 15 is 0 Å². The summed E-state index contributed by atoms with van der Waals surface area (Å²) >= 11 is 1.09. The van der Waals surface area contributed by atoms with Crippen LogP contribution in [-0.4, -0.2) is 28.6 Å². The summed E-state index contributed by atoms with van der Waals surface area (Å²) in [5, 5.41) is 6.93. The van der Waals surface area contributed by atoms with E-state index in [1.807, 2.05) is 0 Å². The zero-order chi connectivity index (χ0) is 11.8. The minimum absolute atomic E-state index is 0.0311. The van der Waals surface area contributed by atoms with Crippen molar-refractivity contribution in [3.8, 4) is 0 Å². The maximum Gasteiger partial charge on any atom is 0.275 e. The molecule has 2 rings (SSSR count). The van der Waals surface area contributed by atoms with Gasteiger partial charge in [-0.1, -0.05) is 0 Å². The minimum Gasteiger partial charge on any atom is -0.261 e. The number of nitrogens with one attached hydrogen (secondary N) is 2. The molecule has 0 fully saturated rings. The predicted molar refractivity (Wildman–Crippen MR) is 58.8 cm³/mol. The molecular weight excluding hydrogens is 250 g/mol. The molecule has 2 N–H and O–H groups in total. The van der Waals surface area contributed by atoms with E-state index in [4.69, 9.17) is 0 Å². The molecule has 0 aromatic carbocycles. The summed E-state index contributed by atoms with van der Waals surface area (Å²) in [6.07, 6.45) is 1.31. The summed E-state index contributed by atoms with van der Waals surface area (Å²) in [4.78, 5) is 7.74. The van der Waals surface area contributed by atoms with Crippen LogP contribution in [-0.2, 0) is 10.0 Å². The van der Waals surface area contributed by atoms with E-state index in [-0.39, 0.29) is 10.2 Å². The van der Waals surface area contributed by atoms with Gasteiger partial charge in [-0.25, -0.2) is 18.1 Å². The molecule has 2 aromatic rings. The van der Waals surface area contributed by atoms with Gasteiger partial charge in [0.2, 0.25) is 0 Å². The summed E-state index contributed by atoms with van der Waals surface area (Å²) in [5.74, 6) is 0.571. The smallest absolute Gasteiger partial charge is 0.261 e. The molecule has 86 valence electrons. The highest BCUT2D eigenvalue weighted by Gasteiger charge is 2.18. The standard InChI is InChI=1S/C7H9N5O2S2/c1-4-9-7(11-10-4)12-16(13,14)6-3-8-5(2)15-6/h3H,1-2H3,(H2,9,10,11,12). The third-order valence-electron chi connectivity index (χ3n) is 1.69. The van der Waals surface area contributed by atoms with Crippen LogP contribution in [0.15, 0.2) is 10.4 Å². The van der Waals surface area contributed by atoms with E-state index in [9.17, 15) is 8.42 Å². The molecule has 0 aliphatic heterocycles. The summed E-state index contributed by atoms with van der Waals surface area (Å²) in [5.41, 5.74) is 0. The molecule has 0 saturated carbocycles. The van der Waals surface area contributed by atoms with Crippen molar-refractivity contribution < 1.29 is 8.42 Å². The van der Waals surface area contributed by atoms with Crippen molar-refractivity contribution in [2.24, 2.45) is 0 Å². The van der Waals surface area contributed by atoms with Crippen LogP contribution in [0.1, 0.15) is 10.8 Å². The maximum atomic E-state index is 11.8. The number of anilines is 1. The fourth-order valence-corrected chi connectivity index (χ4v) is 3.08. The number of aromatic nitrogens is 4. The van der Waals surface area contributed by atoms with E-state index < -0.39 is 10.0 Å². The van der Waals surface area contributed by atoms with Crippen molar-refractivity contribution >= 4 is 27.3 Å². The molecule has 0 saturated heterocycles. The highest BCUT2D eigenvalue weighted by Crippen LogP contribution is 2.19. The molecule has 0 amide bonds. The fourth-order valence-electron chi connectivity index (χ4n) is 1.02. The topological polar surface area (TPSA) is 101 Å². The van der Waals surface area contributed by atoms with E-state index in [1.54, 1.807) is 13.8 Å². The Bertz CT molecular complexity index is 600. The minimum atomic E-state index is -3.62. The number of aromatic amines is 1. The quantitative estimate of drug-likeness (QED) is 0.844.